The van der Waals surface area contributed by atoms with Crippen LogP contribution < -0.4 is 10.1 Å². The normalized spacial score (nSPS) is 10.7. The van der Waals surface area contributed by atoms with E-state index in [1.165, 1.54) is 5.56 Å². The zero-order valence-electron chi connectivity index (χ0n) is 11.7. The summed E-state index contributed by atoms with van der Waals surface area (Å²) in [7, 11) is 0. The first kappa shape index (κ1) is 15.5. The second-order valence-electron chi connectivity index (χ2n) is 4.81. The Morgan fingerprint density at radius 3 is 2.53 bits per heavy atom. The number of ether oxygens (including phenoxy) is 1. The number of aliphatic carboxylic acids is 1. The SMILES string of the molecule is CC(C)Oc1ccc(CCNCCCC(=O)O)cc1. The number of hydrogen-bond donors (Lipinski definition) is 2. The van der Waals surface area contributed by atoms with Crippen LogP contribution in [0.4, 0.5) is 0 Å². The highest BCUT2D eigenvalue weighted by atomic mass is 16.5. The second kappa shape index (κ2) is 8.53. The molecule has 0 unspecified atom stereocenters. The number of carboxylic acid groups (broad SMARTS) is 1. The van der Waals surface area contributed by atoms with Crippen LogP contribution in [0.1, 0.15) is 32.3 Å². The number of rotatable bonds is 9. The monoisotopic (exact) mass is 265 g/mol. The maximum atomic E-state index is 10.3. The smallest absolute Gasteiger partial charge is 0.303 e. The number of hydrogen-bond acceptors (Lipinski definition) is 3. The summed E-state index contributed by atoms with van der Waals surface area (Å²) in [5.74, 6) is 0.163. The minimum Gasteiger partial charge on any atom is -0.491 e. The summed E-state index contributed by atoms with van der Waals surface area (Å²) < 4.78 is 5.58. The Kier molecular flexibility index (Phi) is 6.97. The van der Waals surface area contributed by atoms with E-state index in [9.17, 15) is 4.79 Å². The molecular weight excluding hydrogens is 242 g/mol. The van der Waals surface area contributed by atoms with Gasteiger partial charge in [0, 0.05) is 6.42 Å². The van der Waals surface area contributed by atoms with Crippen LogP contribution in [0.5, 0.6) is 5.75 Å². The molecule has 0 bridgehead atoms. The molecule has 1 aromatic rings. The molecule has 4 nitrogen and oxygen atoms in total. The average Bonchev–Trinajstić information content (AvgIpc) is 2.34. The molecule has 0 saturated carbocycles. The van der Waals surface area contributed by atoms with Crippen molar-refractivity contribution < 1.29 is 14.6 Å². The lowest BCUT2D eigenvalue weighted by molar-refractivity contribution is -0.137. The molecule has 106 valence electrons. The lowest BCUT2D eigenvalue weighted by Crippen LogP contribution is -2.19. The lowest BCUT2D eigenvalue weighted by Gasteiger charge is -2.10. The van der Waals surface area contributed by atoms with Gasteiger partial charge >= 0.3 is 5.97 Å². The highest BCUT2D eigenvalue weighted by Crippen LogP contribution is 2.13. The molecule has 1 aromatic carbocycles. The van der Waals surface area contributed by atoms with E-state index in [4.69, 9.17) is 9.84 Å². The first-order valence-corrected chi connectivity index (χ1v) is 6.76. The zero-order chi connectivity index (χ0) is 14.1. The Hall–Kier alpha value is -1.55. The molecule has 0 aliphatic carbocycles. The van der Waals surface area contributed by atoms with Gasteiger partial charge in [-0.2, -0.15) is 0 Å². The maximum absolute atomic E-state index is 10.3. The minimum atomic E-state index is -0.734. The molecule has 0 spiro atoms. The predicted octanol–water partition coefficient (Wildman–Crippen LogP) is 2.47. The molecule has 0 atom stereocenters. The third-order valence-electron chi connectivity index (χ3n) is 2.63. The molecule has 0 aromatic heterocycles. The van der Waals surface area contributed by atoms with Gasteiger partial charge in [-0.15, -0.1) is 0 Å². The molecule has 0 amide bonds. The van der Waals surface area contributed by atoms with E-state index in [1.54, 1.807) is 0 Å². The third-order valence-corrected chi connectivity index (χ3v) is 2.63. The van der Waals surface area contributed by atoms with Gasteiger partial charge in [0.2, 0.25) is 0 Å². The van der Waals surface area contributed by atoms with Gasteiger partial charge < -0.3 is 15.2 Å². The van der Waals surface area contributed by atoms with Crippen LogP contribution in [-0.2, 0) is 11.2 Å². The number of benzene rings is 1. The van der Waals surface area contributed by atoms with Crippen LogP contribution in [-0.4, -0.2) is 30.3 Å². The fourth-order valence-corrected chi connectivity index (χ4v) is 1.73. The maximum Gasteiger partial charge on any atom is 0.303 e. The predicted molar refractivity (Wildman–Crippen MR) is 75.6 cm³/mol. The second-order valence-corrected chi connectivity index (χ2v) is 4.81. The van der Waals surface area contributed by atoms with Crippen molar-refractivity contribution in [1.29, 1.82) is 0 Å². The van der Waals surface area contributed by atoms with Crippen molar-refractivity contribution >= 4 is 5.97 Å². The number of nitrogens with one attached hydrogen (secondary N) is 1. The van der Waals surface area contributed by atoms with E-state index >= 15 is 0 Å². The van der Waals surface area contributed by atoms with Crippen molar-refractivity contribution in [3.05, 3.63) is 29.8 Å². The fraction of sp³-hybridized carbons (Fsp3) is 0.533. The fourth-order valence-electron chi connectivity index (χ4n) is 1.73. The molecule has 1 rings (SSSR count). The molecule has 2 N–H and O–H groups in total. The van der Waals surface area contributed by atoms with Gasteiger partial charge in [-0.05, 0) is 57.5 Å². The van der Waals surface area contributed by atoms with E-state index in [2.05, 4.69) is 17.4 Å². The Labute approximate surface area is 114 Å². The highest BCUT2D eigenvalue weighted by molar-refractivity contribution is 5.66. The quantitative estimate of drug-likeness (QED) is 0.673. The summed E-state index contributed by atoms with van der Waals surface area (Å²) >= 11 is 0. The van der Waals surface area contributed by atoms with Gasteiger partial charge in [-0.25, -0.2) is 0 Å². The lowest BCUT2D eigenvalue weighted by atomic mass is 10.1. The first-order chi connectivity index (χ1) is 9.08. The topological polar surface area (TPSA) is 58.6 Å². The Bertz CT molecular complexity index is 373. The van der Waals surface area contributed by atoms with Crippen molar-refractivity contribution in [2.75, 3.05) is 13.1 Å². The van der Waals surface area contributed by atoms with Crippen LogP contribution in [0, 0.1) is 0 Å². The van der Waals surface area contributed by atoms with Crippen LogP contribution in [0.3, 0.4) is 0 Å². The van der Waals surface area contributed by atoms with Crippen LogP contribution >= 0.6 is 0 Å². The Balaban J connectivity index is 2.17. The summed E-state index contributed by atoms with van der Waals surface area (Å²) in [5.41, 5.74) is 1.25. The summed E-state index contributed by atoms with van der Waals surface area (Å²) in [6.07, 6.45) is 2.04. The molecule has 0 radical (unpaired) electrons. The van der Waals surface area contributed by atoms with Crippen molar-refractivity contribution in [1.82, 2.24) is 5.32 Å². The molecule has 4 heteroatoms. The average molecular weight is 265 g/mol. The molecule has 0 aliphatic rings. The van der Waals surface area contributed by atoms with Crippen molar-refractivity contribution in [3.8, 4) is 5.75 Å². The summed E-state index contributed by atoms with van der Waals surface area (Å²) in [4.78, 5) is 10.3. The Morgan fingerprint density at radius 2 is 1.95 bits per heavy atom. The molecular formula is C15H23NO3. The first-order valence-electron chi connectivity index (χ1n) is 6.76. The zero-order valence-corrected chi connectivity index (χ0v) is 11.7. The van der Waals surface area contributed by atoms with Crippen molar-refractivity contribution in [2.45, 2.75) is 39.2 Å². The van der Waals surface area contributed by atoms with E-state index in [1.807, 2.05) is 26.0 Å². The summed E-state index contributed by atoms with van der Waals surface area (Å²) in [6.45, 7) is 5.63. The highest BCUT2D eigenvalue weighted by Gasteiger charge is 1.99. The molecule has 0 heterocycles. The third kappa shape index (κ3) is 7.47. The van der Waals surface area contributed by atoms with Gasteiger partial charge in [-0.3, -0.25) is 4.79 Å². The van der Waals surface area contributed by atoms with Gasteiger partial charge in [0.1, 0.15) is 5.75 Å². The van der Waals surface area contributed by atoms with E-state index in [-0.39, 0.29) is 12.5 Å². The van der Waals surface area contributed by atoms with E-state index < -0.39 is 5.97 Å². The van der Waals surface area contributed by atoms with Crippen molar-refractivity contribution in [3.63, 3.8) is 0 Å². The largest absolute Gasteiger partial charge is 0.491 e. The minimum absolute atomic E-state index is 0.196. The van der Waals surface area contributed by atoms with Crippen molar-refractivity contribution in [2.24, 2.45) is 0 Å². The molecule has 0 saturated heterocycles. The van der Waals surface area contributed by atoms with Gasteiger partial charge in [0.15, 0.2) is 0 Å². The van der Waals surface area contributed by atoms with Crippen LogP contribution in [0.15, 0.2) is 24.3 Å². The van der Waals surface area contributed by atoms with Gasteiger partial charge in [0.25, 0.3) is 0 Å². The summed E-state index contributed by atoms with van der Waals surface area (Å²) in [6, 6.07) is 8.10. The van der Waals surface area contributed by atoms with E-state index in [0.29, 0.717) is 6.42 Å². The Morgan fingerprint density at radius 1 is 1.26 bits per heavy atom. The standard InChI is InChI=1S/C15H23NO3/c1-12(2)19-14-7-5-13(6-8-14)9-11-16-10-3-4-15(17)18/h5-8,12,16H,3-4,9-11H2,1-2H3,(H,17,18). The molecule has 19 heavy (non-hydrogen) atoms. The van der Waals surface area contributed by atoms with E-state index in [0.717, 1.165) is 25.3 Å². The van der Waals surface area contributed by atoms with Gasteiger partial charge in [0.05, 0.1) is 6.10 Å². The number of carboxylic acids is 1. The van der Waals surface area contributed by atoms with Crippen LogP contribution in [0.2, 0.25) is 0 Å². The van der Waals surface area contributed by atoms with Crippen LogP contribution in [0.25, 0.3) is 0 Å². The molecule has 0 fully saturated rings. The summed E-state index contributed by atoms with van der Waals surface area (Å²) in [5, 5.41) is 11.7. The molecule has 0 aliphatic heterocycles. The number of carbonyl (C=O) groups is 1. The van der Waals surface area contributed by atoms with Gasteiger partial charge in [-0.1, -0.05) is 12.1 Å².